The van der Waals surface area contributed by atoms with Crippen molar-refractivity contribution < 1.29 is 4.68 Å². The van der Waals surface area contributed by atoms with E-state index in [2.05, 4.69) is 142 Å². The van der Waals surface area contributed by atoms with E-state index in [0.717, 1.165) is 28.4 Å². The fraction of sp³-hybridized carbons (Fsp3) is 0. The zero-order chi connectivity index (χ0) is 28.6. The first-order valence-corrected chi connectivity index (χ1v) is 14.4. The molecule has 5 nitrogen and oxygen atoms in total. The molecule has 0 amide bonds. The molecule has 0 bridgehead atoms. The minimum atomic E-state index is 1.02. The topological polar surface area (TPSA) is 40.7 Å². The Hall–Kier alpha value is -5.94. The highest BCUT2D eigenvalue weighted by Crippen LogP contribution is 2.38. The summed E-state index contributed by atoms with van der Waals surface area (Å²) in [5.41, 5.74) is 7.81. The fourth-order valence-electron chi connectivity index (χ4n) is 5.86. The molecule has 204 valence electrons. The van der Waals surface area contributed by atoms with E-state index in [1.165, 1.54) is 32.7 Å². The summed E-state index contributed by atoms with van der Waals surface area (Å²) in [4.78, 5) is 2.30. The standard InChI is InChI=1S/C38H27N5/c1-2-8-37-28(6-1)7-3-9-38(37)31-11-10-30-27-36(13-12-29(30)26-31)43(34-18-14-32(15-19-34)41-24-4-22-39-41)35-20-16-33(17-21-35)42-25-5-23-40-42/h1-27H/p+1. The average Bonchev–Trinajstić information content (AvgIpc) is 3.81. The highest BCUT2D eigenvalue weighted by atomic mass is 15.3. The lowest BCUT2D eigenvalue weighted by Gasteiger charge is -2.26. The first kappa shape index (κ1) is 24.8. The molecule has 2 heterocycles. The first-order valence-electron chi connectivity index (χ1n) is 14.4. The molecule has 0 saturated heterocycles. The number of fused-ring (bicyclic) bond motifs is 2. The molecule has 8 aromatic rings. The second kappa shape index (κ2) is 10.5. The van der Waals surface area contributed by atoms with Gasteiger partial charge in [0.25, 0.3) is 0 Å². The summed E-state index contributed by atoms with van der Waals surface area (Å²) in [7, 11) is 0. The molecule has 2 aromatic heterocycles. The summed E-state index contributed by atoms with van der Waals surface area (Å²) in [5, 5.41) is 12.5. The minimum Gasteiger partial charge on any atom is -0.310 e. The maximum Gasteiger partial charge on any atom is 0.235 e. The van der Waals surface area contributed by atoms with Gasteiger partial charge in [0.15, 0.2) is 0 Å². The van der Waals surface area contributed by atoms with Gasteiger partial charge in [0, 0.05) is 47.7 Å². The highest BCUT2D eigenvalue weighted by Gasteiger charge is 2.16. The smallest absolute Gasteiger partial charge is 0.235 e. The molecule has 0 aliphatic rings. The number of rotatable bonds is 6. The highest BCUT2D eigenvalue weighted by molar-refractivity contribution is 5.99. The van der Waals surface area contributed by atoms with Crippen LogP contribution in [-0.2, 0) is 0 Å². The van der Waals surface area contributed by atoms with Crippen LogP contribution in [0.25, 0.3) is 44.0 Å². The minimum absolute atomic E-state index is 1.02. The lowest BCUT2D eigenvalue weighted by molar-refractivity contribution is -0.655. The van der Waals surface area contributed by atoms with Crippen molar-refractivity contribution in [2.75, 3.05) is 4.90 Å². The third-order valence-electron chi connectivity index (χ3n) is 7.99. The molecule has 43 heavy (non-hydrogen) atoms. The maximum absolute atomic E-state index is 4.39. The fourth-order valence-corrected chi connectivity index (χ4v) is 5.86. The van der Waals surface area contributed by atoms with Crippen LogP contribution in [0.1, 0.15) is 0 Å². The van der Waals surface area contributed by atoms with Crippen LogP contribution >= 0.6 is 0 Å². The number of H-pyrrole nitrogens is 1. The Morgan fingerprint density at radius 2 is 1.35 bits per heavy atom. The van der Waals surface area contributed by atoms with Gasteiger partial charge >= 0.3 is 0 Å². The summed E-state index contributed by atoms with van der Waals surface area (Å²) >= 11 is 0. The third kappa shape index (κ3) is 4.63. The molecule has 5 heteroatoms. The summed E-state index contributed by atoms with van der Waals surface area (Å²) in [5.74, 6) is 0. The van der Waals surface area contributed by atoms with Gasteiger partial charge in [-0.1, -0.05) is 65.3 Å². The molecule has 0 aliphatic heterocycles. The van der Waals surface area contributed by atoms with Crippen molar-refractivity contribution in [2.24, 2.45) is 0 Å². The van der Waals surface area contributed by atoms with Gasteiger partial charge in [0.1, 0.15) is 0 Å². The Morgan fingerprint density at radius 1 is 0.605 bits per heavy atom. The van der Waals surface area contributed by atoms with Crippen molar-refractivity contribution >= 4 is 38.6 Å². The Labute approximate surface area is 249 Å². The van der Waals surface area contributed by atoms with Crippen LogP contribution in [-0.4, -0.2) is 14.9 Å². The predicted molar refractivity (Wildman–Crippen MR) is 175 cm³/mol. The average molecular weight is 555 g/mol. The van der Waals surface area contributed by atoms with E-state index < -0.39 is 0 Å². The lowest BCUT2D eigenvalue weighted by atomic mass is 9.96. The Morgan fingerprint density at radius 3 is 2.14 bits per heavy atom. The number of hydrogen-bond acceptors (Lipinski definition) is 2. The number of anilines is 3. The van der Waals surface area contributed by atoms with E-state index in [-0.39, 0.29) is 0 Å². The van der Waals surface area contributed by atoms with Crippen molar-refractivity contribution in [1.82, 2.24) is 14.9 Å². The van der Waals surface area contributed by atoms with Crippen molar-refractivity contribution in [2.45, 2.75) is 0 Å². The molecule has 6 aromatic carbocycles. The first-order chi connectivity index (χ1) is 21.3. The largest absolute Gasteiger partial charge is 0.310 e. The molecule has 8 rings (SSSR count). The van der Waals surface area contributed by atoms with E-state index in [4.69, 9.17) is 0 Å². The van der Waals surface area contributed by atoms with Gasteiger partial charge in [-0.2, -0.15) is 10.2 Å². The van der Waals surface area contributed by atoms with Gasteiger partial charge in [-0.05, 0) is 93.3 Å². The van der Waals surface area contributed by atoms with Crippen LogP contribution < -0.4 is 9.58 Å². The molecular formula is C38H28N5+. The number of nitrogens with zero attached hydrogens (tertiary/aromatic N) is 4. The zero-order valence-electron chi connectivity index (χ0n) is 23.4. The predicted octanol–water partition coefficient (Wildman–Crippen LogP) is 8.92. The van der Waals surface area contributed by atoms with E-state index in [1.807, 2.05) is 40.1 Å². The Kier molecular flexibility index (Phi) is 6.05. The van der Waals surface area contributed by atoms with Gasteiger partial charge in [-0.15, -0.1) is 0 Å². The second-order valence-corrected chi connectivity index (χ2v) is 10.6. The van der Waals surface area contributed by atoms with Crippen molar-refractivity contribution in [3.63, 3.8) is 0 Å². The van der Waals surface area contributed by atoms with Crippen LogP contribution in [0.4, 0.5) is 17.1 Å². The molecule has 0 fully saturated rings. The molecule has 0 spiro atoms. The quantitative estimate of drug-likeness (QED) is 0.209. The van der Waals surface area contributed by atoms with Crippen LogP contribution in [0.15, 0.2) is 164 Å². The number of aromatic nitrogens is 4. The van der Waals surface area contributed by atoms with Crippen LogP contribution in [0.5, 0.6) is 0 Å². The summed E-state index contributed by atoms with van der Waals surface area (Å²) in [6.45, 7) is 0. The number of benzene rings is 6. The zero-order valence-corrected chi connectivity index (χ0v) is 23.4. The molecule has 0 atom stereocenters. The van der Waals surface area contributed by atoms with Gasteiger partial charge in [0.2, 0.25) is 11.9 Å². The van der Waals surface area contributed by atoms with Gasteiger partial charge in [-0.3, -0.25) is 0 Å². The Balaban J connectivity index is 1.21. The third-order valence-corrected chi connectivity index (χ3v) is 7.99. The second-order valence-electron chi connectivity index (χ2n) is 10.6. The molecular weight excluding hydrogens is 526 g/mol. The lowest BCUT2D eigenvalue weighted by Crippen LogP contribution is -2.31. The summed E-state index contributed by atoms with van der Waals surface area (Å²) in [6.07, 6.45) is 7.68. The summed E-state index contributed by atoms with van der Waals surface area (Å²) in [6, 6.07) is 49.6. The van der Waals surface area contributed by atoms with Crippen molar-refractivity contribution in [3.05, 3.63) is 164 Å². The van der Waals surface area contributed by atoms with Crippen LogP contribution in [0.2, 0.25) is 0 Å². The van der Waals surface area contributed by atoms with E-state index in [0.29, 0.717) is 0 Å². The molecule has 0 radical (unpaired) electrons. The maximum atomic E-state index is 4.39. The van der Waals surface area contributed by atoms with Crippen LogP contribution in [0.3, 0.4) is 0 Å². The summed E-state index contributed by atoms with van der Waals surface area (Å²) < 4.78 is 3.87. The van der Waals surface area contributed by atoms with E-state index in [1.54, 1.807) is 6.20 Å². The van der Waals surface area contributed by atoms with Crippen LogP contribution in [0, 0.1) is 0 Å². The monoisotopic (exact) mass is 554 g/mol. The molecule has 1 N–H and O–H groups in total. The number of hydrogen-bond donors (Lipinski definition) is 1. The van der Waals surface area contributed by atoms with Crippen molar-refractivity contribution in [1.29, 1.82) is 0 Å². The molecule has 0 unspecified atom stereocenters. The van der Waals surface area contributed by atoms with Gasteiger partial charge in [-0.25, -0.2) is 4.68 Å². The number of nitrogens with one attached hydrogen (secondary N) is 1. The molecule has 0 saturated carbocycles. The Bertz CT molecular complexity index is 2080. The number of aromatic amines is 1. The van der Waals surface area contributed by atoms with Gasteiger partial charge < -0.3 is 4.90 Å². The van der Waals surface area contributed by atoms with Gasteiger partial charge in [0.05, 0.1) is 11.9 Å². The SMILES string of the molecule is c1ccc2c(-c3ccc4cc(N(c5ccc(-n6cccn6)cc5)c5ccc(-[n+]6ccc[nH]6)cc5)ccc4c3)cccc2c1. The molecule has 0 aliphatic carbocycles. The van der Waals surface area contributed by atoms with Crippen molar-refractivity contribution in [3.8, 4) is 22.5 Å². The normalized spacial score (nSPS) is 11.3. The van der Waals surface area contributed by atoms with E-state index in [9.17, 15) is 0 Å². The van der Waals surface area contributed by atoms with E-state index >= 15 is 0 Å².